The van der Waals surface area contributed by atoms with Crippen LogP contribution >= 0.6 is 0 Å². The number of nitrogens with zero attached hydrogens (tertiary/aromatic N) is 3. The van der Waals surface area contributed by atoms with Crippen LogP contribution in [0, 0.1) is 10.1 Å². The number of likely N-dealkylation sites (N-methyl/N-ethyl adjacent to an activating group) is 1. The molecule has 0 bridgehead atoms. The number of anilines is 2. The van der Waals surface area contributed by atoms with Crippen molar-refractivity contribution in [1.82, 2.24) is 9.55 Å². The predicted octanol–water partition coefficient (Wildman–Crippen LogP) is 1.03. The van der Waals surface area contributed by atoms with Gasteiger partial charge in [0.1, 0.15) is 5.82 Å². The number of carbonyl (C=O) groups is 1. The van der Waals surface area contributed by atoms with E-state index in [4.69, 9.17) is 5.73 Å². The number of aromatic amines is 1. The Balaban J connectivity index is 2.39. The third-order valence-electron chi connectivity index (χ3n) is 4.19. The molecule has 1 heterocycles. The summed E-state index contributed by atoms with van der Waals surface area (Å²) in [4.78, 5) is 50.5. The van der Waals surface area contributed by atoms with E-state index in [1.807, 2.05) is 6.92 Å². The van der Waals surface area contributed by atoms with Crippen LogP contribution in [0.1, 0.15) is 25.3 Å². The topological polar surface area (TPSA) is 144 Å². The third kappa shape index (κ3) is 4.22. The SMILES string of the molecule is CCCCn1c(N)c(N(C)C(=O)Cc2ccccc2[N+](=O)[O-])c(=O)[nH]c1=O. The third-order valence-corrected chi connectivity index (χ3v) is 4.19. The second-order valence-electron chi connectivity index (χ2n) is 6.01. The van der Waals surface area contributed by atoms with Gasteiger partial charge in [-0.05, 0) is 6.42 Å². The van der Waals surface area contributed by atoms with E-state index in [-0.39, 0.29) is 29.2 Å². The Kier molecular flexibility index (Phi) is 6.11. The first-order valence-corrected chi connectivity index (χ1v) is 8.39. The van der Waals surface area contributed by atoms with Gasteiger partial charge in [0.2, 0.25) is 5.91 Å². The molecule has 2 aromatic rings. The van der Waals surface area contributed by atoms with E-state index in [1.165, 1.54) is 29.8 Å². The summed E-state index contributed by atoms with van der Waals surface area (Å²) in [6.45, 7) is 2.24. The predicted molar refractivity (Wildman–Crippen MR) is 101 cm³/mol. The minimum absolute atomic E-state index is 0.115. The maximum absolute atomic E-state index is 12.6. The molecule has 0 unspecified atom stereocenters. The lowest BCUT2D eigenvalue weighted by Gasteiger charge is -2.20. The first-order valence-electron chi connectivity index (χ1n) is 8.39. The van der Waals surface area contributed by atoms with Gasteiger partial charge < -0.3 is 10.6 Å². The highest BCUT2D eigenvalue weighted by atomic mass is 16.6. The van der Waals surface area contributed by atoms with Crippen molar-refractivity contribution in [2.24, 2.45) is 0 Å². The standard InChI is InChI=1S/C17H21N5O5/c1-3-4-9-21-15(18)14(16(24)19-17(21)25)20(2)13(23)10-11-7-5-6-8-12(11)22(26)27/h5-8H,3-4,9-10,18H2,1-2H3,(H,19,24,25). The van der Waals surface area contributed by atoms with E-state index in [9.17, 15) is 24.5 Å². The smallest absolute Gasteiger partial charge is 0.330 e. The zero-order valence-corrected chi connectivity index (χ0v) is 15.1. The highest BCUT2D eigenvalue weighted by Gasteiger charge is 2.23. The minimum Gasteiger partial charge on any atom is -0.383 e. The van der Waals surface area contributed by atoms with Crippen LogP contribution in [0.3, 0.4) is 0 Å². The Morgan fingerprint density at radius 2 is 2.00 bits per heavy atom. The summed E-state index contributed by atoms with van der Waals surface area (Å²) < 4.78 is 1.20. The first-order chi connectivity index (χ1) is 12.8. The fraction of sp³-hybridized carbons (Fsp3) is 0.353. The largest absolute Gasteiger partial charge is 0.383 e. The molecule has 10 nitrogen and oxygen atoms in total. The van der Waals surface area contributed by atoms with Crippen LogP contribution in [0.25, 0.3) is 0 Å². The number of H-pyrrole nitrogens is 1. The van der Waals surface area contributed by atoms with Gasteiger partial charge >= 0.3 is 5.69 Å². The summed E-state index contributed by atoms with van der Waals surface area (Å²) in [7, 11) is 1.34. The highest BCUT2D eigenvalue weighted by molar-refractivity contribution is 5.96. The summed E-state index contributed by atoms with van der Waals surface area (Å²) >= 11 is 0. The Morgan fingerprint density at radius 3 is 2.63 bits per heavy atom. The first kappa shape index (κ1) is 19.9. The molecule has 3 N–H and O–H groups in total. The molecule has 0 aliphatic heterocycles. The molecule has 0 saturated heterocycles. The number of unbranched alkanes of at least 4 members (excludes halogenated alkanes) is 1. The molecular weight excluding hydrogens is 354 g/mol. The molecule has 2 rings (SSSR count). The molecule has 0 atom stereocenters. The molecule has 1 aromatic carbocycles. The highest BCUT2D eigenvalue weighted by Crippen LogP contribution is 2.21. The van der Waals surface area contributed by atoms with Crippen LogP contribution in [0.4, 0.5) is 17.2 Å². The van der Waals surface area contributed by atoms with Gasteiger partial charge in [-0.3, -0.25) is 29.3 Å². The van der Waals surface area contributed by atoms with Gasteiger partial charge in [0.05, 0.1) is 11.3 Å². The van der Waals surface area contributed by atoms with Crippen LogP contribution in [0.5, 0.6) is 0 Å². The van der Waals surface area contributed by atoms with Gasteiger partial charge in [-0.15, -0.1) is 0 Å². The van der Waals surface area contributed by atoms with Crippen molar-refractivity contribution in [2.45, 2.75) is 32.7 Å². The Morgan fingerprint density at radius 1 is 1.33 bits per heavy atom. The lowest BCUT2D eigenvalue weighted by atomic mass is 10.1. The van der Waals surface area contributed by atoms with Gasteiger partial charge in [0.15, 0.2) is 5.69 Å². The van der Waals surface area contributed by atoms with Crippen molar-refractivity contribution in [2.75, 3.05) is 17.7 Å². The fourth-order valence-corrected chi connectivity index (χ4v) is 2.68. The number of nitrogens with one attached hydrogen (secondary N) is 1. The molecule has 0 aliphatic rings. The van der Waals surface area contributed by atoms with Crippen LogP contribution < -0.4 is 21.9 Å². The van der Waals surface area contributed by atoms with Crippen molar-refractivity contribution in [3.8, 4) is 0 Å². The van der Waals surface area contributed by atoms with E-state index < -0.39 is 22.1 Å². The number of nitrogen functional groups attached to an aromatic ring is 1. The van der Waals surface area contributed by atoms with Gasteiger partial charge in [0.25, 0.3) is 11.2 Å². The van der Waals surface area contributed by atoms with Crippen molar-refractivity contribution in [1.29, 1.82) is 0 Å². The van der Waals surface area contributed by atoms with Crippen LogP contribution in [-0.2, 0) is 17.8 Å². The van der Waals surface area contributed by atoms with Crippen LogP contribution in [0.2, 0.25) is 0 Å². The monoisotopic (exact) mass is 375 g/mol. The molecule has 144 valence electrons. The number of nitro benzene ring substituents is 1. The number of carbonyl (C=O) groups excluding carboxylic acids is 1. The number of benzene rings is 1. The van der Waals surface area contributed by atoms with Crippen molar-refractivity contribution < 1.29 is 9.72 Å². The summed E-state index contributed by atoms with van der Waals surface area (Å²) in [5.74, 6) is -0.683. The number of amides is 1. The molecule has 1 amide bonds. The van der Waals surface area contributed by atoms with Crippen molar-refractivity contribution in [3.05, 3.63) is 60.8 Å². The van der Waals surface area contributed by atoms with Gasteiger partial charge in [-0.25, -0.2) is 4.79 Å². The molecule has 0 saturated carbocycles. The van der Waals surface area contributed by atoms with E-state index in [2.05, 4.69) is 4.98 Å². The minimum atomic E-state index is -0.788. The van der Waals surface area contributed by atoms with Gasteiger partial charge in [0, 0.05) is 25.2 Å². The summed E-state index contributed by atoms with van der Waals surface area (Å²) in [6, 6.07) is 5.86. The van der Waals surface area contributed by atoms with Gasteiger partial charge in [-0.2, -0.15) is 0 Å². The Bertz CT molecular complexity index is 978. The number of nitro groups is 1. The zero-order chi connectivity index (χ0) is 20.1. The molecule has 0 radical (unpaired) electrons. The molecule has 27 heavy (non-hydrogen) atoms. The lowest BCUT2D eigenvalue weighted by Crippen LogP contribution is -2.39. The van der Waals surface area contributed by atoms with E-state index in [0.29, 0.717) is 13.0 Å². The Hall–Kier alpha value is -3.43. The average molecular weight is 375 g/mol. The van der Waals surface area contributed by atoms with Crippen molar-refractivity contribution in [3.63, 3.8) is 0 Å². The Labute approximate surface area is 154 Å². The summed E-state index contributed by atoms with van der Waals surface area (Å²) in [5.41, 5.74) is 4.42. The second kappa shape index (κ2) is 8.30. The molecule has 10 heteroatoms. The van der Waals surface area contributed by atoms with Gasteiger partial charge in [-0.1, -0.05) is 31.5 Å². The molecule has 0 aliphatic carbocycles. The maximum atomic E-state index is 12.6. The number of aromatic nitrogens is 2. The fourth-order valence-electron chi connectivity index (χ4n) is 2.68. The van der Waals surface area contributed by atoms with Crippen LogP contribution in [0.15, 0.2) is 33.9 Å². The quantitative estimate of drug-likeness (QED) is 0.546. The van der Waals surface area contributed by atoms with Crippen LogP contribution in [-0.4, -0.2) is 27.4 Å². The molecule has 1 aromatic heterocycles. The second-order valence-corrected chi connectivity index (χ2v) is 6.01. The average Bonchev–Trinajstić information content (AvgIpc) is 2.61. The zero-order valence-electron chi connectivity index (χ0n) is 15.1. The van der Waals surface area contributed by atoms with E-state index in [0.717, 1.165) is 11.3 Å². The van der Waals surface area contributed by atoms with E-state index in [1.54, 1.807) is 6.07 Å². The molecular formula is C17H21N5O5. The molecule has 0 spiro atoms. The number of para-hydroxylation sites is 1. The number of hydrogen-bond acceptors (Lipinski definition) is 6. The number of hydrogen-bond donors (Lipinski definition) is 2. The lowest BCUT2D eigenvalue weighted by molar-refractivity contribution is -0.385. The number of rotatable bonds is 7. The summed E-state index contributed by atoms with van der Waals surface area (Å²) in [5, 5.41) is 11.1. The van der Waals surface area contributed by atoms with E-state index >= 15 is 0 Å². The summed E-state index contributed by atoms with van der Waals surface area (Å²) in [6.07, 6.45) is 1.19. The van der Waals surface area contributed by atoms with Crippen molar-refractivity contribution >= 4 is 23.1 Å². The normalized spacial score (nSPS) is 10.6. The molecule has 0 fully saturated rings. The maximum Gasteiger partial charge on any atom is 0.330 e. The number of nitrogens with two attached hydrogens (primary N) is 1.